The zero-order chi connectivity index (χ0) is 49.0. The van der Waals surface area contributed by atoms with E-state index < -0.39 is 265 Å². The molecule has 0 radical (unpaired) electrons. The summed E-state index contributed by atoms with van der Waals surface area (Å²) in [6.07, 6.45) is -10.6. The normalized spacial score (nSPS) is 14.6. The molecule has 18 N–H and O–H groups in total. The van der Waals surface area contributed by atoms with Gasteiger partial charge in [0.25, 0.3) is 0 Å². The van der Waals surface area contributed by atoms with Gasteiger partial charge in [-0.3, -0.25) is 4.79 Å². The summed E-state index contributed by atoms with van der Waals surface area (Å²) in [7, 11) is 0. The number of carbonyl (C=O) groups is 1. The van der Waals surface area contributed by atoms with Gasteiger partial charge in [-0.1, -0.05) is 0 Å². The van der Waals surface area contributed by atoms with Crippen molar-refractivity contribution in [3.8, 4) is 0 Å². The highest BCUT2D eigenvalue weighted by Gasteiger charge is 2.85. The largest absolute Gasteiger partial charge is 0.481 e. The second-order valence-corrected chi connectivity index (χ2v) is 16.6. The standard InChI is InChI=1S/C42H84O22/c43-14-1-35(61,2-15-44)33-41(13-26-55,64-32-29-58)38(7-20-49,8-21-50)42(34(59)60,36(3-16-45,4-17-46)39(9-22-51,10-23-52)62-30-27-56)37(5-18-47,6-19-48)40(11-24-53,12-25-54)63-31-28-57/h43-58,61H,1-33H2,(H,59,60). The quantitative estimate of drug-likeness (QED) is 0.0273. The van der Waals surface area contributed by atoms with E-state index in [4.69, 9.17) is 14.2 Å². The molecule has 0 bridgehead atoms. The monoisotopic (exact) mass is 941 g/mol. The third-order valence-corrected chi connectivity index (χ3v) is 14.1. The van der Waals surface area contributed by atoms with E-state index in [-0.39, 0.29) is 0 Å². The maximum atomic E-state index is 16.2. The van der Waals surface area contributed by atoms with Gasteiger partial charge >= 0.3 is 5.97 Å². The van der Waals surface area contributed by atoms with Crippen LogP contribution < -0.4 is 0 Å². The van der Waals surface area contributed by atoms with Crippen molar-refractivity contribution < 1.29 is 111 Å². The molecule has 0 aliphatic heterocycles. The molecule has 0 saturated carbocycles. The summed E-state index contributed by atoms with van der Waals surface area (Å²) < 4.78 is 19.6. The van der Waals surface area contributed by atoms with Crippen LogP contribution in [0.1, 0.15) is 89.9 Å². The fraction of sp³-hybridized carbons (Fsp3) is 0.976. The summed E-state index contributed by atoms with van der Waals surface area (Å²) in [6.45, 7) is -16.6. The van der Waals surface area contributed by atoms with Crippen molar-refractivity contribution >= 4 is 5.97 Å². The Morgan fingerprint density at radius 1 is 0.312 bits per heavy atom. The van der Waals surface area contributed by atoms with E-state index in [1.807, 2.05) is 0 Å². The third kappa shape index (κ3) is 12.5. The Morgan fingerprint density at radius 3 is 0.750 bits per heavy atom. The SMILES string of the molecule is O=C(O)C(C(CCO)(CCO)C(CCO)(CCO)OCCO)(C(CCO)(CCO)C(CCO)(CCO)OCCO)C(CCO)(CCO)C(CCO)(CC(O)(CCO)CCO)OCCO. The topological polar surface area (TPSA) is 409 Å². The van der Waals surface area contributed by atoms with Crippen LogP contribution >= 0.6 is 0 Å². The molecule has 384 valence electrons. The van der Waals surface area contributed by atoms with E-state index in [1.54, 1.807) is 0 Å². The van der Waals surface area contributed by atoms with Gasteiger partial charge in [0.2, 0.25) is 0 Å². The smallest absolute Gasteiger partial charge is 0.311 e. The molecular weight excluding hydrogens is 856 g/mol. The number of rotatable bonds is 44. The number of carboxylic acids is 1. The van der Waals surface area contributed by atoms with Crippen molar-refractivity contribution in [3.05, 3.63) is 0 Å². The first-order valence-corrected chi connectivity index (χ1v) is 22.2. The summed E-state index contributed by atoms with van der Waals surface area (Å²) >= 11 is 0. The van der Waals surface area contributed by atoms with Gasteiger partial charge < -0.3 is 106 Å². The number of aliphatic hydroxyl groups excluding tert-OH is 16. The number of aliphatic carboxylic acids is 1. The Labute approximate surface area is 376 Å². The number of hydrogen-bond donors (Lipinski definition) is 18. The minimum absolute atomic E-state index is 0.550. The Hall–Kier alpha value is -1.33. The predicted molar refractivity (Wildman–Crippen MR) is 226 cm³/mol. The zero-order valence-electron chi connectivity index (χ0n) is 37.5. The average molecular weight is 941 g/mol. The van der Waals surface area contributed by atoms with Gasteiger partial charge in [0.15, 0.2) is 0 Å². The van der Waals surface area contributed by atoms with Crippen molar-refractivity contribution in [2.45, 2.75) is 112 Å². The second-order valence-electron chi connectivity index (χ2n) is 16.6. The molecule has 0 fully saturated rings. The lowest BCUT2D eigenvalue weighted by Crippen LogP contribution is -2.82. The van der Waals surface area contributed by atoms with Crippen molar-refractivity contribution in [1.82, 2.24) is 0 Å². The van der Waals surface area contributed by atoms with Crippen LogP contribution in [0.25, 0.3) is 0 Å². The van der Waals surface area contributed by atoms with Crippen molar-refractivity contribution in [3.63, 3.8) is 0 Å². The molecule has 0 aromatic rings. The summed E-state index contributed by atoms with van der Waals surface area (Å²) in [5, 5.41) is 201. The first-order chi connectivity index (χ1) is 30.6. The van der Waals surface area contributed by atoms with E-state index >= 15 is 4.79 Å². The van der Waals surface area contributed by atoms with Gasteiger partial charge in [0.05, 0.1) is 67.5 Å². The van der Waals surface area contributed by atoms with Crippen LogP contribution in [0.2, 0.25) is 0 Å². The lowest BCUT2D eigenvalue weighted by molar-refractivity contribution is -0.360. The summed E-state index contributed by atoms with van der Waals surface area (Å²) in [6, 6.07) is 0. The van der Waals surface area contributed by atoms with Gasteiger partial charge in [-0.2, -0.15) is 0 Å². The maximum Gasteiger partial charge on any atom is 0.311 e. The molecule has 64 heavy (non-hydrogen) atoms. The second kappa shape index (κ2) is 30.9. The molecule has 22 nitrogen and oxygen atoms in total. The van der Waals surface area contributed by atoms with Gasteiger partial charge in [-0.25, -0.2) is 0 Å². The van der Waals surface area contributed by atoms with Gasteiger partial charge in [-0.05, 0) is 51.4 Å². The van der Waals surface area contributed by atoms with Crippen molar-refractivity contribution in [2.24, 2.45) is 21.7 Å². The molecule has 0 amide bonds. The van der Waals surface area contributed by atoms with Crippen LogP contribution in [0.5, 0.6) is 0 Å². The highest BCUT2D eigenvalue weighted by atomic mass is 16.5. The Morgan fingerprint density at radius 2 is 0.531 bits per heavy atom. The summed E-state index contributed by atoms with van der Waals surface area (Å²) in [5.74, 6) is -2.00. The molecule has 0 rings (SSSR count). The Bertz CT molecular complexity index is 1130. The molecule has 0 aromatic carbocycles. The fourth-order valence-electron chi connectivity index (χ4n) is 12.4. The fourth-order valence-corrected chi connectivity index (χ4v) is 12.4. The van der Waals surface area contributed by atoms with Crippen LogP contribution in [0.3, 0.4) is 0 Å². The molecule has 1 atom stereocenters. The lowest BCUT2D eigenvalue weighted by atomic mass is 9.28. The lowest BCUT2D eigenvalue weighted by Gasteiger charge is -2.76. The third-order valence-electron chi connectivity index (χ3n) is 14.1. The van der Waals surface area contributed by atoms with Crippen molar-refractivity contribution in [2.75, 3.05) is 126 Å². The molecular formula is C42H84O22. The Balaban J connectivity index is 11.4. The van der Waals surface area contributed by atoms with Crippen LogP contribution in [-0.4, -0.2) is 246 Å². The minimum Gasteiger partial charge on any atom is -0.481 e. The van der Waals surface area contributed by atoms with Crippen LogP contribution in [0.4, 0.5) is 0 Å². The van der Waals surface area contributed by atoms with Crippen LogP contribution in [0.15, 0.2) is 0 Å². The van der Waals surface area contributed by atoms with Gasteiger partial charge in [-0.15, -0.1) is 0 Å². The summed E-state index contributed by atoms with van der Waals surface area (Å²) in [5.41, 5.74) is -21.0. The van der Waals surface area contributed by atoms with Gasteiger partial charge in [0.1, 0.15) is 0 Å². The Kier molecular flexibility index (Phi) is 30.3. The number of carboxylic acid groups (broad SMARTS) is 1. The number of ether oxygens (including phenoxy) is 3. The van der Waals surface area contributed by atoms with E-state index in [1.165, 1.54) is 0 Å². The molecule has 22 heteroatoms. The molecule has 0 saturated heterocycles. The zero-order valence-corrected chi connectivity index (χ0v) is 37.5. The predicted octanol–water partition coefficient (Wildman–Crippen LogP) is -4.65. The van der Waals surface area contributed by atoms with Crippen molar-refractivity contribution in [1.29, 1.82) is 0 Å². The first-order valence-electron chi connectivity index (χ1n) is 22.2. The van der Waals surface area contributed by atoms with Gasteiger partial charge in [0, 0.05) is 141 Å². The molecule has 0 aliphatic carbocycles. The highest BCUT2D eigenvalue weighted by Crippen LogP contribution is 2.79. The van der Waals surface area contributed by atoms with E-state index in [2.05, 4.69) is 0 Å². The van der Waals surface area contributed by atoms with E-state index in [9.17, 15) is 91.9 Å². The maximum absolute atomic E-state index is 16.2. The first kappa shape index (κ1) is 62.7. The van der Waals surface area contributed by atoms with Crippen LogP contribution in [-0.2, 0) is 19.0 Å². The van der Waals surface area contributed by atoms with E-state index in [0.29, 0.717) is 0 Å². The average Bonchev–Trinajstić information content (AvgIpc) is 3.24. The molecule has 0 heterocycles. The number of hydrogen-bond acceptors (Lipinski definition) is 21. The highest BCUT2D eigenvalue weighted by molar-refractivity contribution is 5.80. The molecule has 0 aromatic heterocycles. The molecule has 0 spiro atoms. The summed E-state index contributed by atoms with van der Waals surface area (Å²) in [4.78, 5) is 16.2. The number of aliphatic hydroxyl groups is 17. The van der Waals surface area contributed by atoms with Crippen LogP contribution in [0, 0.1) is 21.7 Å². The molecule has 0 aliphatic rings. The molecule has 1 unspecified atom stereocenters. The van der Waals surface area contributed by atoms with E-state index in [0.717, 1.165) is 0 Å². The minimum atomic E-state index is -3.29.